The molecule has 0 saturated heterocycles. The average molecular weight is 337 g/mol. The number of aromatic amines is 1. The van der Waals surface area contributed by atoms with Crippen LogP contribution in [0.15, 0.2) is 30.6 Å². The van der Waals surface area contributed by atoms with Crippen LogP contribution in [-0.4, -0.2) is 25.7 Å². The van der Waals surface area contributed by atoms with Gasteiger partial charge in [0.05, 0.1) is 29.6 Å². The number of nitrogens with zero attached hydrogens (tertiary/aromatic N) is 3. The van der Waals surface area contributed by atoms with Gasteiger partial charge in [-0.3, -0.25) is 9.89 Å². The van der Waals surface area contributed by atoms with Crippen molar-refractivity contribution in [2.45, 2.75) is 51.6 Å². The maximum atomic E-state index is 12.6. The number of H-pyrrole nitrogens is 1. The molecule has 0 radical (unpaired) electrons. The van der Waals surface area contributed by atoms with E-state index in [1.165, 1.54) is 30.5 Å². The van der Waals surface area contributed by atoms with E-state index in [9.17, 15) is 4.79 Å². The van der Waals surface area contributed by atoms with Crippen molar-refractivity contribution in [3.8, 4) is 0 Å². The molecule has 1 amide bonds. The van der Waals surface area contributed by atoms with Gasteiger partial charge in [-0.05, 0) is 50.3 Å². The van der Waals surface area contributed by atoms with E-state index in [1.807, 2.05) is 35.8 Å². The van der Waals surface area contributed by atoms with Crippen molar-refractivity contribution in [3.05, 3.63) is 47.5 Å². The molecular weight excluding hydrogens is 314 g/mol. The molecule has 2 aromatic heterocycles. The predicted octanol–water partition coefficient (Wildman–Crippen LogP) is 2.91. The molecule has 1 atom stereocenters. The number of carbonyl (C=O) groups excluding carboxylic acids is 1. The maximum Gasteiger partial charge on any atom is 0.243 e. The van der Waals surface area contributed by atoms with Crippen molar-refractivity contribution in [2.24, 2.45) is 0 Å². The summed E-state index contributed by atoms with van der Waals surface area (Å²) in [6, 6.07) is 7.54. The fourth-order valence-corrected chi connectivity index (χ4v) is 3.60. The molecule has 0 fully saturated rings. The molecule has 25 heavy (non-hydrogen) atoms. The van der Waals surface area contributed by atoms with Gasteiger partial charge in [-0.15, -0.1) is 0 Å². The number of rotatable bonds is 4. The highest BCUT2D eigenvalue weighted by Gasteiger charge is 2.19. The number of benzene rings is 1. The molecule has 6 heteroatoms. The number of para-hydroxylation sites is 2. The fourth-order valence-electron chi connectivity index (χ4n) is 3.60. The predicted molar refractivity (Wildman–Crippen MR) is 96.1 cm³/mol. The van der Waals surface area contributed by atoms with Crippen LogP contribution in [0.1, 0.15) is 49.2 Å². The zero-order chi connectivity index (χ0) is 17.2. The van der Waals surface area contributed by atoms with Gasteiger partial charge in [0.15, 0.2) is 0 Å². The Morgan fingerprint density at radius 1 is 1.28 bits per heavy atom. The lowest BCUT2D eigenvalue weighted by atomic mass is 10.1. The van der Waals surface area contributed by atoms with Crippen molar-refractivity contribution >= 4 is 16.9 Å². The van der Waals surface area contributed by atoms with Gasteiger partial charge in [0.1, 0.15) is 6.04 Å². The molecule has 2 heterocycles. The molecule has 1 aliphatic rings. The minimum Gasteiger partial charge on any atom is -0.349 e. The fraction of sp³-hybridized carbons (Fsp3) is 0.421. The molecular formula is C19H23N5O. The Bertz CT molecular complexity index is 894. The molecule has 0 bridgehead atoms. The Morgan fingerprint density at radius 2 is 2.12 bits per heavy atom. The zero-order valence-corrected chi connectivity index (χ0v) is 14.5. The quantitative estimate of drug-likeness (QED) is 0.719. The normalized spacial score (nSPS) is 15.6. The van der Waals surface area contributed by atoms with Crippen LogP contribution in [0.25, 0.3) is 11.0 Å². The van der Waals surface area contributed by atoms with Crippen LogP contribution in [0, 0.1) is 0 Å². The largest absolute Gasteiger partial charge is 0.349 e. The van der Waals surface area contributed by atoms with E-state index in [1.54, 1.807) is 6.33 Å². The third kappa shape index (κ3) is 3.04. The van der Waals surface area contributed by atoms with Gasteiger partial charge in [0, 0.05) is 5.69 Å². The Kier molecular flexibility index (Phi) is 4.26. The molecule has 0 saturated carbocycles. The lowest BCUT2D eigenvalue weighted by Crippen LogP contribution is -2.30. The highest BCUT2D eigenvalue weighted by atomic mass is 16.2. The summed E-state index contributed by atoms with van der Waals surface area (Å²) >= 11 is 0. The monoisotopic (exact) mass is 337 g/mol. The highest BCUT2D eigenvalue weighted by Crippen LogP contribution is 2.22. The second kappa shape index (κ2) is 6.70. The van der Waals surface area contributed by atoms with E-state index in [4.69, 9.17) is 0 Å². The molecule has 3 aromatic rings. The standard InChI is InChI=1S/C19H23N5O/c1-13(24-12-21-16-9-5-6-10-18(16)24)19(25)20-11-17-14-7-3-2-4-8-15(14)22-23-17/h5-6,9-10,12-13H,2-4,7-8,11H2,1H3,(H,20,25)(H,22,23)/t13-/m1/s1. The van der Waals surface area contributed by atoms with Crippen LogP contribution in [0.3, 0.4) is 0 Å². The molecule has 6 nitrogen and oxygen atoms in total. The Morgan fingerprint density at radius 3 is 3.04 bits per heavy atom. The Balaban J connectivity index is 1.46. The second-order valence-electron chi connectivity index (χ2n) is 6.72. The van der Waals surface area contributed by atoms with Gasteiger partial charge < -0.3 is 9.88 Å². The van der Waals surface area contributed by atoms with E-state index in [-0.39, 0.29) is 11.9 Å². The first kappa shape index (κ1) is 15.9. The lowest BCUT2D eigenvalue weighted by molar-refractivity contribution is -0.124. The van der Waals surface area contributed by atoms with Gasteiger partial charge in [-0.25, -0.2) is 4.98 Å². The Labute approximate surface area is 146 Å². The summed E-state index contributed by atoms with van der Waals surface area (Å²) in [7, 11) is 0. The number of carbonyl (C=O) groups is 1. The van der Waals surface area contributed by atoms with Crippen LogP contribution in [0.5, 0.6) is 0 Å². The van der Waals surface area contributed by atoms with E-state index in [0.717, 1.165) is 29.6 Å². The SMILES string of the molecule is C[C@H](C(=O)NCc1n[nH]c2c1CCCCC2)n1cnc2ccccc21. The van der Waals surface area contributed by atoms with Crippen molar-refractivity contribution in [2.75, 3.05) is 0 Å². The van der Waals surface area contributed by atoms with E-state index >= 15 is 0 Å². The van der Waals surface area contributed by atoms with Gasteiger partial charge in [0.25, 0.3) is 0 Å². The van der Waals surface area contributed by atoms with Crippen LogP contribution in [0.4, 0.5) is 0 Å². The van der Waals surface area contributed by atoms with Crippen molar-refractivity contribution in [1.82, 2.24) is 25.1 Å². The number of nitrogens with one attached hydrogen (secondary N) is 2. The van der Waals surface area contributed by atoms with E-state index in [2.05, 4.69) is 20.5 Å². The first-order chi connectivity index (χ1) is 12.2. The summed E-state index contributed by atoms with van der Waals surface area (Å²) in [6.45, 7) is 2.37. The molecule has 130 valence electrons. The zero-order valence-electron chi connectivity index (χ0n) is 14.5. The summed E-state index contributed by atoms with van der Waals surface area (Å²) in [5.41, 5.74) is 5.40. The molecule has 4 rings (SSSR count). The van der Waals surface area contributed by atoms with Crippen LogP contribution in [-0.2, 0) is 24.2 Å². The van der Waals surface area contributed by atoms with Crippen molar-refractivity contribution in [1.29, 1.82) is 0 Å². The van der Waals surface area contributed by atoms with Crippen LogP contribution < -0.4 is 5.32 Å². The number of aromatic nitrogens is 4. The number of hydrogen-bond donors (Lipinski definition) is 2. The van der Waals surface area contributed by atoms with Crippen molar-refractivity contribution in [3.63, 3.8) is 0 Å². The minimum atomic E-state index is -0.315. The average Bonchev–Trinajstić information content (AvgIpc) is 3.16. The second-order valence-corrected chi connectivity index (χ2v) is 6.72. The molecule has 1 aliphatic carbocycles. The van der Waals surface area contributed by atoms with Gasteiger partial charge in [0.2, 0.25) is 5.91 Å². The van der Waals surface area contributed by atoms with Gasteiger partial charge >= 0.3 is 0 Å². The summed E-state index contributed by atoms with van der Waals surface area (Å²) in [6.07, 6.45) is 7.53. The number of fused-ring (bicyclic) bond motifs is 2. The molecule has 0 unspecified atom stereocenters. The number of aryl methyl sites for hydroxylation is 1. The van der Waals surface area contributed by atoms with Gasteiger partial charge in [-0.2, -0.15) is 5.10 Å². The summed E-state index contributed by atoms with van der Waals surface area (Å²) in [5.74, 6) is -0.0199. The first-order valence-corrected chi connectivity index (χ1v) is 8.98. The highest BCUT2D eigenvalue weighted by molar-refractivity contribution is 5.83. The summed E-state index contributed by atoms with van der Waals surface area (Å²) < 4.78 is 1.91. The van der Waals surface area contributed by atoms with E-state index in [0.29, 0.717) is 6.54 Å². The smallest absolute Gasteiger partial charge is 0.243 e. The first-order valence-electron chi connectivity index (χ1n) is 8.98. The Hall–Kier alpha value is -2.63. The van der Waals surface area contributed by atoms with Crippen LogP contribution in [0.2, 0.25) is 0 Å². The van der Waals surface area contributed by atoms with Crippen LogP contribution >= 0.6 is 0 Å². The summed E-state index contributed by atoms with van der Waals surface area (Å²) in [5, 5.41) is 10.6. The lowest BCUT2D eigenvalue weighted by Gasteiger charge is -2.14. The number of amides is 1. The minimum absolute atomic E-state index is 0.0199. The third-order valence-electron chi connectivity index (χ3n) is 5.10. The molecule has 0 aliphatic heterocycles. The maximum absolute atomic E-state index is 12.6. The number of hydrogen-bond acceptors (Lipinski definition) is 3. The topological polar surface area (TPSA) is 75.6 Å². The van der Waals surface area contributed by atoms with Crippen molar-refractivity contribution < 1.29 is 4.79 Å². The van der Waals surface area contributed by atoms with Gasteiger partial charge in [-0.1, -0.05) is 18.6 Å². The third-order valence-corrected chi connectivity index (χ3v) is 5.10. The molecule has 2 N–H and O–H groups in total. The molecule has 1 aromatic carbocycles. The van der Waals surface area contributed by atoms with E-state index < -0.39 is 0 Å². The summed E-state index contributed by atoms with van der Waals surface area (Å²) in [4.78, 5) is 17.0. The number of imidazole rings is 1. The molecule has 0 spiro atoms.